The molecule has 0 amide bonds. The second-order valence-corrected chi connectivity index (χ2v) is 5.72. The van der Waals surface area contributed by atoms with Crippen LogP contribution in [0.4, 0.5) is 0 Å². The number of hydrogen-bond acceptors (Lipinski definition) is 5. The van der Waals surface area contributed by atoms with E-state index in [2.05, 4.69) is 34.1 Å². The first-order valence-electron chi connectivity index (χ1n) is 8.07. The zero-order valence-corrected chi connectivity index (χ0v) is 13.0. The maximum atomic E-state index is 9.04. The number of hydrogen-bond donors (Lipinski definition) is 1. The van der Waals surface area contributed by atoms with E-state index < -0.39 is 0 Å². The molecule has 1 aromatic carbocycles. The van der Waals surface area contributed by atoms with Gasteiger partial charge in [0.2, 0.25) is 0 Å². The van der Waals surface area contributed by atoms with Crippen LogP contribution in [-0.4, -0.2) is 78.9 Å². The van der Waals surface area contributed by atoms with E-state index in [1.807, 2.05) is 6.07 Å². The highest BCUT2D eigenvalue weighted by molar-refractivity contribution is 6.12. The van der Waals surface area contributed by atoms with Gasteiger partial charge in [-0.15, -0.1) is 0 Å². The van der Waals surface area contributed by atoms with Crippen LogP contribution in [-0.2, 0) is 0 Å². The van der Waals surface area contributed by atoms with Crippen LogP contribution in [0.15, 0.2) is 40.3 Å². The lowest BCUT2D eigenvalue weighted by molar-refractivity contribution is 0.146. The smallest absolute Gasteiger partial charge is 0.105 e. The lowest BCUT2D eigenvalue weighted by Gasteiger charge is -2.36. The second-order valence-electron chi connectivity index (χ2n) is 5.72. The largest absolute Gasteiger partial charge is 0.395 e. The molecule has 1 fully saturated rings. The average molecular weight is 300 g/mol. The first-order chi connectivity index (χ1) is 10.9. The fourth-order valence-electron chi connectivity index (χ4n) is 3.03. The molecular formula is C17H24N4O. The lowest BCUT2D eigenvalue weighted by atomic mass is 10.1. The van der Waals surface area contributed by atoms with Crippen LogP contribution in [0.3, 0.4) is 0 Å². The summed E-state index contributed by atoms with van der Waals surface area (Å²) in [6, 6.07) is 10.4. The summed E-state index contributed by atoms with van der Waals surface area (Å²) in [5.74, 6) is 1.17. The van der Waals surface area contributed by atoms with Crippen LogP contribution < -0.4 is 0 Å². The SMILES string of the molecule is OCCN1CCN(C2=NCCN=C(c3ccccc3)C2)CC1. The molecule has 0 aliphatic carbocycles. The van der Waals surface area contributed by atoms with Crippen molar-refractivity contribution in [2.75, 3.05) is 52.4 Å². The molecule has 0 bridgehead atoms. The first kappa shape index (κ1) is 15.2. The first-order valence-corrected chi connectivity index (χ1v) is 8.07. The summed E-state index contributed by atoms with van der Waals surface area (Å²) in [7, 11) is 0. The third-order valence-electron chi connectivity index (χ3n) is 4.28. The number of benzene rings is 1. The Morgan fingerprint density at radius 1 is 0.955 bits per heavy atom. The summed E-state index contributed by atoms with van der Waals surface area (Å²) < 4.78 is 0. The summed E-state index contributed by atoms with van der Waals surface area (Å²) in [4.78, 5) is 14.2. The van der Waals surface area contributed by atoms with Gasteiger partial charge in [0.05, 0.1) is 19.7 Å². The Balaban J connectivity index is 1.65. The van der Waals surface area contributed by atoms with Crippen LogP contribution in [0, 0.1) is 0 Å². The van der Waals surface area contributed by atoms with E-state index in [1.165, 1.54) is 11.4 Å². The van der Waals surface area contributed by atoms with Crippen molar-refractivity contribution < 1.29 is 5.11 Å². The van der Waals surface area contributed by atoms with E-state index in [1.54, 1.807) is 0 Å². The number of amidine groups is 1. The fraction of sp³-hybridized carbons (Fsp3) is 0.529. The van der Waals surface area contributed by atoms with Gasteiger partial charge in [-0.1, -0.05) is 30.3 Å². The highest BCUT2D eigenvalue weighted by atomic mass is 16.3. The summed E-state index contributed by atoms with van der Waals surface area (Å²) in [6.07, 6.45) is 0.823. The molecule has 118 valence electrons. The van der Waals surface area contributed by atoms with Gasteiger partial charge in [-0.3, -0.25) is 14.9 Å². The molecule has 3 rings (SSSR count). The molecular weight excluding hydrogens is 276 g/mol. The Morgan fingerprint density at radius 2 is 1.68 bits per heavy atom. The van der Waals surface area contributed by atoms with Crippen LogP contribution in [0.2, 0.25) is 0 Å². The molecule has 1 saturated heterocycles. The van der Waals surface area contributed by atoms with Crippen LogP contribution >= 0.6 is 0 Å². The highest BCUT2D eigenvalue weighted by Gasteiger charge is 2.21. The number of aliphatic hydroxyl groups is 1. The molecule has 1 N–H and O–H groups in total. The van der Waals surface area contributed by atoms with Crippen LogP contribution in [0.5, 0.6) is 0 Å². The number of aliphatic imine (C=N–C) groups is 2. The van der Waals surface area contributed by atoms with Crippen molar-refractivity contribution in [3.8, 4) is 0 Å². The summed E-state index contributed by atoms with van der Waals surface area (Å²) in [5, 5.41) is 9.04. The third kappa shape index (κ3) is 3.72. The molecule has 2 heterocycles. The Hall–Kier alpha value is -1.72. The summed E-state index contributed by atoms with van der Waals surface area (Å²) in [6.45, 7) is 6.54. The number of rotatable bonds is 3. The van der Waals surface area contributed by atoms with E-state index in [9.17, 15) is 0 Å². The maximum Gasteiger partial charge on any atom is 0.105 e. The molecule has 0 saturated carbocycles. The normalized spacial score (nSPS) is 20.3. The van der Waals surface area contributed by atoms with Crippen molar-refractivity contribution in [1.29, 1.82) is 0 Å². The van der Waals surface area contributed by atoms with E-state index in [0.29, 0.717) is 0 Å². The van der Waals surface area contributed by atoms with E-state index in [4.69, 9.17) is 15.1 Å². The van der Waals surface area contributed by atoms with Crippen molar-refractivity contribution in [1.82, 2.24) is 9.80 Å². The van der Waals surface area contributed by atoms with Crippen molar-refractivity contribution in [3.63, 3.8) is 0 Å². The Kier molecular flexibility index (Phi) is 5.19. The van der Waals surface area contributed by atoms with Gasteiger partial charge in [-0.05, 0) is 5.56 Å². The predicted molar refractivity (Wildman–Crippen MR) is 89.9 cm³/mol. The minimum atomic E-state index is 0.242. The molecule has 0 spiro atoms. The second kappa shape index (κ2) is 7.51. The van der Waals surface area contributed by atoms with Gasteiger partial charge in [0, 0.05) is 44.9 Å². The molecule has 0 unspecified atom stereocenters. The highest BCUT2D eigenvalue weighted by Crippen LogP contribution is 2.12. The van der Waals surface area contributed by atoms with Gasteiger partial charge in [0.25, 0.3) is 0 Å². The van der Waals surface area contributed by atoms with Gasteiger partial charge in [0.1, 0.15) is 5.84 Å². The molecule has 5 nitrogen and oxygen atoms in total. The van der Waals surface area contributed by atoms with Gasteiger partial charge >= 0.3 is 0 Å². The van der Waals surface area contributed by atoms with Gasteiger partial charge in [-0.25, -0.2) is 0 Å². The standard InChI is InChI=1S/C17H24N4O/c22-13-12-20-8-10-21(11-9-20)17-14-16(18-6-7-19-17)15-4-2-1-3-5-15/h1-5,22H,6-14H2. The van der Waals surface area contributed by atoms with Gasteiger partial charge in [0.15, 0.2) is 0 Å². The number of nitrogens with zero attached hydrogens (tertiary/aromatic N) is 4. The summed E-state index contributed by atoms with van der Waals surface area (Å²) in [5.41, 5.74) is 2.35. The van der Waals surface area contributed by atoms with Crippen molar-refractivity contribution in [2.45, 2.75) is 6.42 Å². The van der Waals surface area contributed by atoms with E-state index in [-0.39, 0.29) is 6.61 Å². The molecule has 0 aromatic heterocycles. The third-order valence-corrected chi connectivity index (χ3v) is 4.28. The van der Waals surface area contributed by atoms with Gasteiger partial charge < -0.3 is 10.0 Å². The molecule has 22 heavy (non-hydrogen) atoms. The lowest BCUT2D eigenvalue weighted by Crippen LogP contribution is -2.49. The minimum absolute atomic E-state index is 0.242. The zero-order valence-electron chi connectivity index (χ0n) is 13.0. The number of β-amino-alcohol motifs (C(OH)–C–C–N with tert-alkyl or cyclic N) is 1. The number of aliphatic hydroxyl groups excluding tert-OH is 1. The van der Waals surface area contributed by atoms with Crippen molar-refractivity contribution >= 4 is 11.5 Å². The maximum absolute atomic E-state index is 9.04. The Morgan fingerprint density at radius 3 is 2.41 bits per heavy atom. The van der Waals surface area contributed by atoms with Crippen molar-refractivity contribution in [2.24, 2.45) is 9.98 Å². The zero-order chi connectivity index (χ0) is 15.2. The minimum Gasteiger partial charge on any atom is -0.395 e. The van der Waals surface area contributed by atoms with Crippen LogP contribution in [0.1, 0.15) is 12.0 Å². The molecule has 1 aromatic rings. The predicted octanol–water partition coefficient (Wildman–Crippen LogP) is 0.888. The van der Waals surface area contributed by atoms with Crippen LogP contribution in [0.25, 0.3) is 0 Å². The average Bonchev–Trinajstić information content (AvgIpc) is 2.83. The number of piperazine rings is 1. The quantitative estimate of drug-likeness (QED) is 0.902. The van der Waals surface area contributed by atoms with Crippen molar-refractivity contribution in [3.05, 3.63) is 35.9 Å². The molecule has 2 aliphatic rings. The monoisotopic (exact) mass is 300 g/mol. The van der Waals surface area contributed by atoms with Gasteiger partial charge in [-0.2, -0.15) is 0 Å². The molecule has 5 heteroatoms. The summed E-state index contributed by atoms with van der Waals surface area (Å²) >= 11 is 0. The van der Waals surface area contributed by atoms with E-state index in [0.717, 1.165) is 57.9 Å². The fourth-order valence-corrected chi connectivity index (χ4v) is 3.03. The topological polar surface area (TPSA) is 51.4 Å². The molecule has 0 atom stereocenters. The van der Waals surface area contributed by atoms with E-state index >= 15 is 0 Å². The molecule has 2 aliphatic heterocycles. The Bertz CT molecular complexity index is 533. The molecule has 0 radical (unpaired) electrons. The Labute approximate surface area is 132 Å².